The van der Waals surface area contributed by atoms with E-state index in [2.05, 4.69) is 15.3 Å². The van der Waals surface area contributed by atoms with Crippen LogP contribution in [0.1, 0.15) is 44.7 Å². The quantitative estimate of drug-likeness (QED) is 0.602. The zero-order valence-electron chi connectivity index (χ0n) is 21.7. The van der Waals surface area contributed by atoms with E-state index < -0.39 is 11.6 Å². The number of benzene rings is 1. The zero-order valence-corrected chi connectivity index (χ0v) is 22.5. The van der Waals surface area contributed by atoms with Gasteiger partial charge in [0.15, 0.2) is 0 Å². The van der Waals surface area contributed by atoms with Crippen LogP contribution in [-0.2, 0) is 21.0 Å². The standard InChI is InChI=1S/C25H33FN4O4.O2S/c1-15-6-7-21(20(26)8-15)29-22-16(2)23(28-14-27-22)34-19-9-17-11-32-12-18(10-19)30(17)24(31)33-13-25(3,4)5;1-3-2/h6-8,14,17-19H,9-13H2,1-5H3,(H,27,28,29);. The van der Waals surface area contributed by atoms with Crippen molar-refractivity contribution < 1.29 is 31.8 Å². The van der Waals surface area contributed by atoms with Gasteiger partial charge in [-0.25, -0.2) is 19.2 Å². The second-order valence-electron chi connectivity index (χ2n) is 10.4. The van der Waals surface area contributed by atoms with Gasteiger partial charge in [0.1, 0.15) is 24.1 Å². The number of anilines is 2. The molecule has 2 aliphatic heterocycles. The van der Waals surface area contributed by atoms with E-state index in [4.69, 9.17) is 22.6 Å². The molecule has 2 aromatic rings. The first-order valence-electron chi connectivity index (χ1n) is 12.0. The Morgan fingerprint density at radius 3 is 2.43 bits per heavy atom. The Balaban J connectivity index is 0.00000121. The van der Waals surface area contributed by atoms with E-state index in [1.807, 2.05) is 45.6 Å². The van der Waals surface area contributed by atoms with Crippen LogP contribution in [0.5, 0.6) is 5.88 Å². The van der Waals surface area contributed by atoms with Gasteiger partial charge in [0, 0.05) is 12.8 Å². The summed E-state index contributed by atoms with van der Waals surface area (Å²) in [5.74, 6) is 0.580. The first-order chi connectivity index (χ1) is 17.5. The number of hydrogen-bond donors (Lipinski definition) is 1. The number of carbonyl (C=O) groups excluding carboxylic acids is 1. The molecule has 1 N–H and O–H groups in total. The van der Waals surface area contributed by atoms with Crippen molar-refractivity contribution in [2.24, 2.45) is 5.41 Å². The van der Waals surface area contributed by atoms with Gasteiger partial charge in [0.25, 0.3) is 0 Å². The summed E-state index contributed by atoms with van der Waals surface area (Å²) in [4.78, 5) is 23.2. The number of aryl methyl sites for hydroxylation is 1. The van der Waals surface area contributed by atoms with Crippen molar-refractivity contribution in [1.29, 1.82) is 0 Å². The Labute approximate surface area is 219 Å². The molecule has 1 aromatic heterocycles. The van der Waals surface area contributed by atoms with E-state index in [0.717, 1.165) is 5.56 Å². The lowest BCUT2D eigenvalue weighted by molar-refractivity contribution is -0.0928. The van der Waals surface area contributed by atoms with Crippen LogP contribution >= 0.6 is 0 Å². The molecule has 0 aliphatic carbocycles. The summed E-state index contributed by atoms with van der Waals surface area (Å²) < 4.78 is 48.4. The molecule has 0 radical (unpaired) electrons. The van der Waals surface area contributed by atoms with Gasteiger partial charge in [-0.2, -0.15) is 8.42 Å². The second-order valence-corrected chi connectivity index (χ2v) is 10.5. The van der Waals surface area contributed by atoms with Crippen LogP contribution in [-0.4, -0.2) is 67.4 Å². The molecule has 2 aliphatic rings. The van der Waals surface area contributed by atoms with Crippen LogP contribution in [0, 0.1) is 25.1 Å². The highest BCUT2D eigenvalue weighted by Gasteiger charge is 2.43. The number of aromatic nitrogens is 2. The van der Waals surface area contributed by atoms with Gasteiger partial charge in [-0.3, -0.25) is 4.90 Å². The highest BCUT2D eigenvalue weighted by Crippen LogP contribution is 2.33. The molecule has 3 heterocycles. The molecule has 0 spiro atoms. The van der Waals surface area contributed by atoms with Crippen LogP contribution in [0.4, 0.5) is 20.7 Å². The third-order valence-corrected chi connectivity index (χ3v) is 6.01. The Bertz CT molecular complexity index is 1120. The van der Waals surface area contributed by atoms with Crippen molar-refractivity contribution in [2.45, 2.75) is 65.6 Å². The van der Waals surface area contributed by atoms with Gasteiger partial charge in [0.05, 0.1) is 43.2 Å². The number of fused-ring (bicyclic) bond motifs is 2. The first-order valence-corrected chi connectivity index (χ1v) is 12.6. The normalized spacial score (nSPS) is 20.8. The topological polar surface area (TPSA) is 120 Å². The van der Waals surface area contributed by atoms with Crippen LogP contribution in [0.2, 0.25) is 0 Å². The molecule has 12 heteroatoms. The molecular formula is C25H33FN4O6S. The molecule has 2 bridgehead atoms. The maximum atomic E-state index is 14.3. The number of rotatable bonds is 5. The van der Waals surface area contributed by atoms with Crippen LogP contribution in [0.25, 0.3) is 0 Å². The maximum Gasteiger partial charge on any atom is 0.410 e. The fourth-order valence-electron chi connectivity index (χ4n) is 4.30. The van der Waals surface area contributed by atoms with E-state index in [-0.39, 0.29) is 35.5 Å². The number of halogens is 1. The monoisotopic (exact) mass is 536 g/mol. The van der Waals surface area contributed by atoms with Gasteiger partial charge < -0.3 is 19.5 Å². The smallest absolute Gasteiger partial charge is 0.410 e. The number of ether oxygens (including phenoxy) is 3. The lowest BCUT2D eigenvalue weighted by Gasteiger charge is -2.47. The van der Waals surface area contributed by atoms with Crippen molar-refractivity contribution >= 4 is 29.2 Å². The number of morpholine rings is 1. The third-order valence-electron chi connectivity index (χ3n) is 6.01. The van der Waals surface area contributed by atoms with E-state index in [9.17, 15) is 9.18 Å². The Morgan fingerprint density at radius 1 is 1.19 bits per heavy atom. The molecule has 202 valence electrons. The second kappa shape index (κ2) is 12.4. The Kier molecular flexibility index (Phi) is 9.55. The van der Waals surface area contributed by atoms with Crippen molar-refractivity contribution in [2.75, 3.05) is 25.1 Å². The fourth-order valence-corrected chi connectivity index (χ4v) is 4.30. The highest BCUT2D eigenvalue weighted by atomic mass is 32.1. The predicted molar refractivity (Wildman–Crippen MR) is 135 cm³/mol. The molecule has 1 amide bonds. The summed E-state index contributed by atoms with van der Waals surface area (Å²) in [6.45, 7) is 11.0. The van der Waals surface area contributed by atoms with Gasteiger partial charge in [-0.1, -0.05) is 26.8 Å². The van der Waals surface area contributed by atoms with Crippen LogP contribution in [0.3, 0.4) is 0 Å². The molecule has 4 rings (SSSR count). The number of nitrogens with zero attached hydrogens (tertiary/aromatic N) is 3. The van der Waals surface area contributed by atoms with E-state index in [1.165, 1.54) is 12.4 Å². The minimum absolute atomic E-state index is 0.0967. The van der Waals surface area contributed by atoms with E-state index in [1.54, 1.807) is 6.07 Å². The maximum absolute atomic E-state index is 14.3. The van der Waals surface area contributed by atoms with Crippen molar-refractivity contribution in [1.82, 2.24) is 14.9 Å². The average Bonchev–Trinajstić information content (AvgIpc) is 2.81. The highest BCUT2D eigenvalue weighted by molar-refractivity contribution is 7.51. The van der Waals surface area contributed by atoms with Gasteiger partial charge in [0.2, 0.25) is 5.88 Å². The molecule has 2 atom stereocenters. The fraction of sp³-hybridized carbons (Fsp3) is 0.560. The van der Waals surface area contributed by atoms with Crippen LogP contribution < -0.4 is 10.1 Å². The summed E-state index contributed by atoms with van der Waals surface area (Å²) in [6.07, 6.45) is 2.19. The molecule has 1 aromatic carbocycles. The predicted octanol–water partition coefficient (Wildman–Crippen LogP) is 4.10. The summed E-state index contributed by atoms with van der Waals surface area (Å²) in [5, 5.41) is 3.04. The molecule has 37 heavy (non-hydrogen) atoms. The summed E-state index contributed by atoms with van der Waals surface area (Å²) in [5.41, 5.74) is 1.78. The minimum Gasteiger partial charge on any atom is -0.474 e. The van der Waals surface area contributed by atoms with Crippen molar-refractivity contribution in [3.63, 3.8) is 0 Å². The average molecular weight is 537 g/mol. The van der Waals surface area contributed by atoms with Crippen LogP contribution in [0.15, 0.2) is 24.5 Å². The largest absolute Gasteiger partial charge is 0.474 e. The Morgan fingerprint density at radius 2 is 1.84 bits per heavy atom. The summed E-state index contributed by atoms with van der Waals surface area (Å²) >= 11 is -0.750. The van der Waals surface area contributed by atoms with E-state index in [0.29, 0.717) is 55.6 Å². The van der Waals surface area contributed by atoms with Gasteiger partial charge in [-0.05, 0) is 37.0 Å². The summed E-state index contributed by atoms with van der Waals surface area (Å²) in [7, 11) is 0. The van der Waals surface area contributed by atoms with Crippen molar-refractivity contribution in [3.8, 4) is 5.88 Å². The zero-order chi connectivity index (χ0) is 27.2. The first kappa shape index (κ1) is 28.5. The Hall–Kier alpha value is -3.12. The van der Waals surface area contributed by atoms with E-state index >= 15 is 0 Å². The SMILES string of the molecule is Cc1ccc(Nc2ncnc(OC3CC4COCC(C3)N4C(=O)OCC(C)(C)C)c2C)c(F)c1.O=S=O. The molecular weight excluding hydrogens is 503 g/mol. The molecule has 0 saturated carbocycles. The number of hydrogen-bond acceptors (Lipinski definition) is 9. The lowest BCUT2D eigenvalue weighted by atomic mass is 9.92. The minimum atomic E-state index is -0.750. The lowest BCUT2D eigenvalue weighted by Crippen LogP contribution is -2.61. The molecule has 2 unspecified atom stereocenters. The molecule has 10 nitrogen and oxygen atoms in total. The summed E-state index contributed by atoms with van der Waals surface area (Å²) in [6, 6.07) is 4.75. The molecule has 2 saturated heterocycles. The number of carbonyl (C=O) groups is 1. The van der Waals surface area contributed by atoms with Gasteiger partial charge in [-0.15, -0.1) is 0 Å². The molecule has 2 fully saturated rings. The van der Waals surface area contributed by atoms with Crippen molar-refractivity contribution in [3.05, 3.63) is 41.5 Å². The van der Waals surface area contributed by atoms with Gasteiger partial charge >= 0.3 is 17.7 Å². The number of amides is 1. The number of nitrogens with one attached hydrogen (secondary N) is 1. The third kappa shape index (κ3) is 7.68. The number of piperidine rings is 1.